The van der Waals surface area contributed by atoms with Crippen LogP contribution in [0, 0.1) is 5.92 Å². The first-order valence-electron chi connectivity index (χ1n) is 6.98. The van der Waals surface area contributed by atoms with Crippen LogP contribution in [0.1, 0.15) is 6.92 Å². The van der Waals surface area contributed by atoms with Crippen molar-refractivity contribution in [3.05, 3.63) is 22.5 Å². The Kier molecular flexibility index (Phi) is 2.31. The Labute approximate surface area is 121 Å². The number of aliphatic hydroxyl groups excluding tert-OH is 1. The second kappa shape index (κ2) is 3.73. The molecule has 4 aliphatic rings. The Hall–Kier alpha value is -1.70. The third-order valence-electron chi connectivity index (χ3n) is 5.26. The summed E-state index contributed by atoms with van der Waals surface area (Å²) in [6.07, 6.45) is 0. The Morgan fingerprint density at radius 3 is 2.81 bits per heavy atom. The van der Waals surface area contributed by atoms with Crippen LogP contribution in [0.3, 0.4) is 0 Å². The summed E-state index contributed by atoms with van der Waals surface area (Å²) in [7, 11) is 1.55. The van der Waals surface area contributed by atoms with Crippen LogP contribution in [0.15, 0.2) is 22.5 Å². The van der Waals surface area contributed by atoms with Crippen molar-refractivity contribution in [2.24, 2.45) is 11.7 Å². The normalized spacial score (nSPS) is 40.7. The second-order valence-corrected chi connectivity index (χ2v) is 6.01. The van der Waals surface area contributed by atoms with Crippen LogP contribution in [-0.2, 0) is 14.3 Å². The molecule has 2 saturated heterocycles. The quantitative estimate of drug-likeness (QED) is 0.408. The topological polar surface area (TPSA) is 115 Å². The predicted octanol–water partition coefficient (Wildman–Crippen LogP) is -1.75. The minimum atomic E-state index is -0.861. The molecule has 0 spiro atoms. The molecule has 7 heteroatoms. The van der Waals surface area contributed by atoms with Crippen molar-refractivity contribution in [2.45, 2.75) is 24.7 Å². The van der Waals surface area contributed by atoms with Crippen molar-refractivity contribution in [1.29, 1.82) is 0 Å². The summed E-state index contributed by atoms with van der Waals surface area (Å²) in [4.78, 5) is 27.0. The van der Waals surface area contributed by atoms with Crippen LogP contribution in [-0.4, -0.2) is 59.6 Å². The fraction of sp³-hybridized carbons (Fsp3) is 0.571. The van der Waals surface area contributed by atoms with Gasteiger partial charge in [0.25, 0.3) is 0 Å². The number of Topliss-reactive ketones (excluding diaryl/α,β-unsaturated/α-hetero) is 2. The molecule has 0 saturated carbocycles. The van der Waals surface area contributed by atoms with Crippen LogP contribution in [0.5, 0.6) is 0 Å². The number of rotatable bonds is 2. The minimum Gasteiger partial charge on any atom is -0.396 e. The minimum absolute atomic E-state index is 0.0207. The maximum atomic E-state index is 12.6. The number of nitrogens with one attached hydrogen (secondary N) is 1. The van der Waals surface area contributed by atoms with E-state index in [0.29, 0.717) is 17.8 Å². The molecule has 2 fully saturated rings. The number of hydrogen-bond donors (Lipinski definition) is 3. The number of ketones is 2. The molecule has 0 bridgehead atoms. The van der Waals surface area contributed by atoms with E-state index in [2.05, 4.69) is 5.32 Å². The average Bonchev–Trinajstić information content (AvgIpc) is 3.09. The number of methoxy groups -OCH3 is 1. The van der Waals surface area contributed by atoms with Gasteiger partial charge in [-0.1, -0.05) is 0 Å². The fourth-order valence-electron chi connectivity index (χ4n) is 4.16. The highest BCUT2D eigenvalue weighted by Gasteiger charge is 2.72. The highest BCUT2D eigenvalue weighted by molar-refractivity contribution is 6.25. The first-order chi connectivity index (χ1) is 9.98. The summed E-state index contributed by atoms with van der Waals surface area (Å²) >= 11 is 0. The van der Waals surface area contributed by atoms with Crippen molar-refractivity contribution in [1.82, 2.24) is 10.2 Å². The number of piperazine rings is 1. The number of hydrogen-bond acceptors (Lipinski definition) is 7. The largest absolute Gasteiger partial charge is 0.396 e. The van der Waals surface area contributed by atoms with E-state index in [1.807, 2.05) is 4.90 Å². The lowest BCUT2D eigenvalue weighted by molar-refractivity contribution is -0.137. The molecule has 0 amide bonds. The van der Waals surface area contributed by atoms with Gasteiger partial charge in [-0.05, 0) is 6.92 Å². The summed E-state index contributed by atoms with van der Waals surface area (Å²) in [5, 5.41) is 13.1. The molecule has 4 atom stereocenters. The summed E-state index contributed by atoms with van der Waals surface area (Å²) in [5.41, 5.74) is 5.84. The molecule has 4 rings (SSSR count). The standard InChI is InChI=1S/C14H17N3O4/c1-5-9(15)12(20)8-6(4-18)14(21-2)13-7(16-13)3-17(14)10(8)11(5)19/h6-7,13,16,18H,3-4,15H2,1-2H3. The van der Waals surface area contributed by atoms with E-state index in [4.69, 9.17) is 10.5 Å². The maximum absolute atomic E-state index is 12.6. The van der Waals surface area contributed by atoms with E-state index in [0.717, 1.165) is 0 Å². The van der Waals surface area contributed by atoms with Gasteiger partial charge in [-0.15, -0.1) is 0 Å². The van der Waals surface area contributed by atoms with Crippen LogP contribution in [0.4, 0.5) is 0 Å². The van der Waals surface area contributed by atoms with Crippen LogP contribution in [0.25, 0.3) is 0 Å². The molecule has 7 nitrogen and oxygen atoms in total. The van der Waals surface area contributed by atoms with Gasteiger partial charge < -0.3 is 25.8 Å². The van der Waals surface area contributed by atoms with E-state index in [-0.39, 0.29) is 41.5 Å². The van der Waals surface area contributed by atoms with Gasteiger partial charge in [0.05, 0.1) is 30.0 Å². The first-order valence-corrected chi connectivity index (χ1v) is 6.98. The zero-order chi connectivity index (χ0) is 15.1. The first kappa shape index (κ1) is 13.0. The Morgan fingerprint density at radius 2 is 2.19 bits per heavy atom. The van der Waals surface area contributed by atoms with E-state index in [1.54, 1.807) is 14.0 Å². The van der Waals surface area contributed by atoms with Gasteiger partial charge in [-0.2, -0.15) is 0 Å². The number of carbonyl (C=O) groups is 2. The number of nitrogens with two attached hydrogens (primary N) is 1. The van der Waals surface area contributed by atoms with Crippen LogP contribution in [0.2, 0.25) is 0 Å². The molecular formula is C14H17N3O4. The van der Waals surface area contributed by atoms with Gasteiger partial charge in [-0.25, -0.2) is 0 Å². The summed E-state index contributed by atoms with van der Waals surface area (Å²) < 4.78 is 5.74. The molecule has 1 aliphatic carbocycles. The summed E-state index contributed by atoms with van der Waals surface area (Å²) in [5.74, 6) is -1.16. The number of carbonyl (C=O) groups excluding carboxylic acids is 2. The van der Waals surface area contributed by atoms with Gasteiger partial charge in [0.2, 0.25) is 11.6 Å². The van der Waals surface area contributed by atoms with E-state index in [1.165, 1.54) is 0 Å². The molecule has 4 unspecified atom stereocenters. The average molecular weight is 291 g/mol. The lowest BCUT2D eigenvalue weighted by Crippen LogP contribution is -2.54. The lowest BCUT2D eigenvalue weighted by atomic mass is 9.82. The zero-order valence-corrected chi connectivity index (χ0v) is 11.8. The molecule has 0 aromatic heterocycles. The van der Waals surface area contributed by atoms with E-state index < -0.39 is 11.6 Å². The predicted molar refractivity (Wildman–Crippen MR) is 71.7 cm³/mol. The molecule has 3 aliphatic heterocycles. The van der Waals surface area contributed by atoms with Crippen molar-refractivity contribution in [3.63, 3.8) is 0 Å². The maximum Gasteiger partial charge on any atom is 0.207 e. The highest BCUT2D eigenvalue weighted by atomic mass is 16.5. The van der Waals surface area contributed by atoms with E-state index in [9.17, 15) is 14.7 Å². The van der Waals surface area contributed by atoms with E-state index >= 15 is 0 Å². The lowest BCUT2D eigenvalue weighted by Gasteiger charge is -2.39. The molecule has 0 aromatic rings. The third kappa shape index (κ3) is 1.21. The van der Waals surface area contributed by atoms with Crippen molar-refractivity contribution in [3.8, 4) is 0 Å². The number of ether oxygens (including phenoxy) is 1. The van der Waals surface area contributed by atoms with Gasteiger partial charge in [-0.3, -0.25) is 9.59 Å². The zero-order valence-electron chi connectivity index (χ0n) is 11.8. The van der Waals surface area contributed by atoms with Crippen LogP contribution < -0.4 is 11.1 Å². The fourth-order valence-corrected chi connectivity index (χ4v) is 4.16. The molecule has 112 valence electrons. The number of nitrogens with zero attached hydrogens (tertiary/aromatic N) is 1. The Morgan fingerprint density at radius 1 is 1.48 bits per heavy atom. The third-order valence-corrected chi connectivity index (χ3v) is 5.26. The Bertz CT molecular complexity index is 627. The van der Waals surface area contributed by atoms with Crippen molar-refractivity contribution >= 4 is 11.6 Å². The van der Waals surface area contributed by atoms with Crippen molar-refractivity contribution < 1.29 is 19.4 Å². The van der Waals surface area contributed by atoms with Gasteiger partial charge in [0.15, 0.2) is 5.72 Å². The molecule has 0 aromatic carbocycles. The van der Waals surface area contributed by atoms with Gasteiger partial charge in [0.1, 0.15) is 0 Å². The number of allylic oxidation sites excluding steroid dienone is 2. The van der Waals surface area contributed by atoms with Gasteiger partial charge in [0, 0.05) is 30.8 Å². The smallest absolute Gasteiger partial charge is 0.207 e. The SMILES string of the molecule is COC12C(CO)C3=C(C(=O)C(C)=C(N)C3=O)N1CC1NC12. The monoisotopic (exact) mass is 291 g/mol. The van der Waals surface area contributed by atoms with Gasteiger partial charge >= 0.3 is 0 Å². The molecule has 21 heavy (non-hydrogen) atoms. The summed E-state index contributed by atoms with van der Waals surface area (Å²) in [6, 6.07) is 0.256. The molecular weight excluding hydrogens is 274 g/mol. The molecule has 4 N–H and O–H groups in total. The number of fused-ring (bicyclic) bond motifs is 4. The molecule has 0 radical (unpaired) electrons. The number of aliphatic hydroxyl groups is 1. The van der Waals surface area contributed by atoms with Crippen molar-refractivity contribution in [2.75, 3.05) is 20.3 Å². The Balaban J connectivity index is 1.92. The second-order valence-electron chi connectivity index (χ2n) is 6.01. The highest BCUT2D eigenvalue weighted by Crippen LogP contribution is 2.55. The van der Waals surface area contributed by atoms with Crippen LogP contribution >= 0.6 is 0 Å². The molecule has 3 heterocycles. The summed E-state index contributed by atoms with van der Waals surface area (Å²) in [6.45, 7) is 1.90.